The molecular formula is C17H20N4O3. The fraction of sp³-hybridized carbons (Fsp3) is 0.294. The Morgan fingerprint density at radius 3 is 3.00 bits per heavy atom. The number of carbonyl (C=O) groups excluding carboxylic acids is 2. The van der Waals surface area contributed by atoms with Crippen LogP contribution in [0.4, 0.5) is 0 Å². The van der Waals surface area contributed by atoms with E-state index in [4.69, 9.17) is 0 Å². The Morgan fingerprint density at radius 2 is 2.33 bits per heavy atom. The number of rotatable bonds is 7. The zero-order valence-electron chi connectivity index (χ0n) is 13.5. The Bertz CT molecular complexity index is 710. The van der Waals surface area contributed by atoms with Crippen LogP contribution in [0.25, 0.3) is 0 Å². The van der Waals surface area contributed by atoms with E-state index < -0.39 is 0 Å². The van der Waals surface area contributed by atoms with Crippen molar-refractivity contribution in [1.82, 2.24) is 10.9 Å². The van der Waals surface area contributed by atoms with E-state index in [0.717, 1.165) is 5.56 Å². The molecule has 0 saturated carbocycles. The summed E-state index contributed by atoms with van der Waals surface area (Å²) in [6, 6.07) is 5.28. The predicted molar refractivity (Wildman–Crippen MR) is 91.7 cm³/mol. The summed E-state index contributed by atoms with van der Waals surface area (Å²) < 4.78 is 0. The normalized spacial score (nSPS) is 16.8. The molecule has 2 rings (SSSR count). The number of amides is 2. The number of hydrazone groups is 2. The van der Waals surface area contributed by atoms with Gasteiger partial charge in [-0.25, -0.2) is 10.9 Å². The van der Waals surface area contributed by atoms with Crippen LogP contribution in [0.3, 0.4) is 0 Å². The van der Waals surface area contributed by atoms with Crippen molar-refractivity contribution in [2.75, 3.05) is 0 Å². The van der Waals surface area contributed by atoms with Crippen molar-refractivity contribution in [3.63, 3.8) is 0 Å². The summed E-state index contributed by atoms with van der Waals surface area (Å²) in [6.07, 6.45) is 4.16. The van der Waals surface area contributed by atoms with Crippen molar-refractivity contribution in [3.05, 3.63) is 42.0 Å². The molecule has 0 spiro atoms. The molecule has 0 radical (unpaired) electrons. The quantitative estimate of drug-likeness (QED) is 0.401. The van der Waals surface area contributed by atoms with Crippen molar-refractivity contribution >= 4 is 23.7 Å². The second kappa shape index (κ2) is 8.05. The van der Waals surface area contributed by atoms with Crippen LogP contribution in [-0.2, 0) is 16.0 Å². The molecule has 0 aliphatic carbocycles. The Labute approximate surface area is 140 Å². The van der Waals surface area contributed by atoms with Gasteiger partial charge in [0.1, 0.15) is 5.75 Å². The minimum atomic E-state index is -0.362. The highest BCUT2D eigenvalue weighted by atomic mass is 16.3. The molecule has 2 amide bonds. The van der Waals surface area contributed by atoms with E-state index in [9.17, 15) is 14.7 Å². The van der Waals surface area contributed by atoms with Crippen LogP contribution >= 0.6 is 0 Å². The average Bonchev–Trinajstić information content (AvgIpc) is 2.87. The van der Waals surface area contributed by atoms with Crippen LogP contribution in [0, 0.1) is 5.92 Å². The number of benzene rings is 1. The molecule has 0 unspecified atom stereocenters. The van der Waals surface area contributed by atoms with Crippen molar-refractivity contribution in [1.29, 1.82) is 0 Å². The van der Waals surface area contributed by atoms with Gasteiger partial charge in [0.05, 0.1) is 12.1 Å². The van der Waals surface area contributed by atoms with E-state index in [-0.39, 0.29) is 29.9 Å². The third-order valence-electron chi connectivity index (χ3n) is 3.73. The molecule has 7 nitrogen and oxygen atoms in total. The van der Waals surface area contributed by atoms with Gasteiger partial charge < -0.3 is 5.11 Å². The molecule has 1 aromatic carbocycles. The monoisotopic (exact) mass is 328 g/mol. The molecule has 7 heteroatoms. The molecule has 3 N–H and O–H groups in total. The van der Waals surface area contributed by atoms with E-state index in [2.05, 4.69) is 27.6 Å². The summed E-state index contributed by atoms with van der Waals surface area (Å²) in [4.78, 5) is 23.3. The van der Waals surface area contributed by atoms with Crippen LogP contribution in [-0.4, -0.2) is 28.8 Å². The number of carbonyl (C=O) groups is 2. The smallest absolute Gasteiger partial charge is 0.248 e. The SMILES string of the molecule is C=CCc1cccc(/C=N\NC(=O)CC[C@@H]2C(=O)NN=C2C)c1O. The number of nitrogens with one attached hydrogen (secondary N) is 2. The number of para-hydroxylation sites is 1. The van der Waals surface area contributed by atoms with Gasteiger partial charge in [-0.15, -0.1) is 6.58 Å². The number of nitrogens with zero attached hydrogens (tertiary/aromatic N) is 2. The van der Waals surface area contributed by atoms with E-state index in [1.54, 1.807) is 31.2 Å². The number of allylic oxidation sites excluding steroid dienone is 1. The van der Waals surface area contributed by atoms with Crippen molar-refractivity contribution in [2.24, 2.45) is 16.1 Å². The van der Waals surface area contributed by atoms with E-state index in [1.807, 2.05) is 0 Å². The number of hydrogen-bond acceptors (Lipinski definition) is 5. The average molecular weight is 328 g/mol. The first kappa shape index (κ1) is 17.4. The lowest BCUT2D eigenvalue weighted by Crippen LogP contribution is -2.25. The molecule has 1 aliphatic rings. The highest BCUT2D eigenvalue weighted by Crippen LogP contribution is 2.21. The van der Waals surface area contributed by atoms with Crippen LogP contribution in [0.1, 0.15) is 30.9 Å². The van der Waals surface area contributed by atoms with Crippen molar-refractivity contribution in [2.45, 2.75) is 26.2 Å². The summed E-state index contributed by atoms with van der Waals surface area (Å²) in [5, 5.41) is 17.8. The Morgan fingerprint density at radius 1 is 1.54 bits per heavy atom. The predicted octanol–water partition coefficient (Wildman–Crippen LogP) is 1.47. The minimum Gasteiger partial charge on any atom is -0.507 e. The van der Waals surface area contributed by atoms with Gasteiger partial charge in [-0.05, 0) is 31.4 Å². The van der Waals surface area contributed by atoms with Crippen molar-refractivity contribution < 1.29 is 14.7 Å². The van der Waals surface area contributed by atoms with Gasteiger partial charge in [-0.1, -0.05) is 18.2 Å². The Hall–Kier alpha value is -2.96. The highest BCUT2D eigenvalue weighted by Gasteiger charge is 2.26. The third-order valence-corrected chi connectivity index (χ3v) is 3.73. The van der Waals surface area contributed by atoms with Gasteiger partial charge in [-0.3, -0.25) is 9.59 Å². The second-order valence-electron chi connectivity index (χ2n) is 5.46. The summed E-state index contributed by atoms with van der Waals surface area (Å²) in [6.45, 7) is 5.38. The highest BCUT2D eigenvalue weighted by molar-refractivity contribution is 6.07. The molecule has 0 aromatic heterocycles. The number of phenols is 1. The fourth-order valence-electron chi connectivity index (χ4n) is 2.37. The topological polar surface area (TPSA) is 103 Å². The van der Waals surface area contributed by atoms with Crippen LogP contribution in [0.5, 0.6) is 5.75 Å². The van der Waals surface area contributed by atoms with Gasteiger partial charge in [-0.2, -0.15) is 10.2 Å². The van der Waals surface area contributed by atoms with Gasteiger partial charge in [0, 0.05) is 17.7 Å². The Kier molecular flexibility index (Phi) is 5.83. The molecule has 1 aromatic rings. The molecule has 1 atom stereocenters. The third kappa shape index (κ3) is 4.28. The summed E-state index contributed by atoms with van der Waals surface area (Å²) in [5.41, 5.74) is 6.70. The summed E-state index contributed by atoms with van der Waals surface area (Å²) >= 11 is 0. The van der Waals surface area contributed by atoms with Gasteiger partial charge in [0.15, 0.2) is 0 Å². The molecule has 0 fully saturated rings. The van der Waals surface area contributed by atoms with Gasteiger partial charge in [0.25, 0.3) is 0 Å². The first-order valence-electron chi connectivity index (χ1n) is 7.60. The first-order chi connectivity index (χ1) is 11.5. The summed E-state index contributed by atoms with van der Waals surface area (Å²) in [7, 11) is 0. The van der Waals surface area contributed by atoms with Gasteiger partial charge >= 0.3 is 0 Å². The number of aromatic hydroxyl groups is 1. The lowest BCUT2D eigenvalue weighted by atomic mass is 9.99. The van der Waals surface area contributed by atoms with Crippen LogP contribution in [0.2, 0.25) is 0 Å². The maximum atomic E-state index is 11.8. The van der Waals surface area contributed by atoms with Crippen molar-refractivity contribution in [3.8, 4) is 5.75 Å². The van der Waals surface area contributed by atoms with E-state index in [0.29, 0.717) is 24.1 Å². The molecule has 1 aliphatic heterocycles. The van der Waals surface area contributed by atoms with Crippen LogP contribution < -0.4 is 10.9 Å². The zero-order valence-corrected chi connectivity index (χ0v) is 13.5. The number of phenolic OH excluding ortho intramolecular Hbond substituents is 1. The second-order valence-corrected chi connectivity index (χ2v) is 5.46. The lowest BCUT2D eigenvalue weighted by molar-refractivity contribution is -0.123. The minimum absolute atomic E-state index is 0.116. The maximum Gasteiger partial charge on any atom is 0.248 e. The lowest BCUT2D eigenvalue weighted by Gasteiger charge is -2.06. The largest absolute Gasteiger partial charge is 0.507 e. The maximum absolute atomic E-state index is 11.8. The Balaban J connectivity index is 1.86. The molecule has 0 bridgehead atoms. The standard InChI is InChI=1S/C17H20N4O3/c1-3-5-12-6-4-7-13(16(12)23)10-18-20-15(22)9-8-14-11(2)19-21-17(14)24/h3-4,6-7,10,14,23H,1,5,8-9H2,2H3,(H,20,22)(H,21,24)/b18-10-/t14-/m0/s1. The number of hydrogen-bond donors (Lipinski definition) is 3. The molecule has 0 saturated heterocycles. The van der Waals surface area contributed by atoms with E-state index >= 15 is 0 Å². The fourth-order valence-corrected chi connectivity index (χ4v) is 2.37. The van der Waals surface area contributed by atoms with Crippen LogP contribution in [0.15, 0.2) is 41.1 Å². The molecular weight excluding hydrogens is 308 g/mol. The first-order valence-corrected chi connectivity index (χ1v) is 7.60. The molecule has 126 valence electrons. The zero-order chi connectivity index (χ0) is 17.5. The summed E-state index contributed by atoms with van der Waals surface area (Å²) in [5.74, 6) is -0.738. The molecule has 24 heavy (non-hydrogen) atoms. The van der Waals surface area contributed by atoms with Gasteiger partial charge in [0.2, 0.25) is 11.8 Å². The molecule has 1 heterocycles. The van der Waals surface area contributed by atoms with E-state index in [1.165, 1.54) is 6.21 Å².